The van der Waals surface area contributed by atoms with Gasteiger partial charge in [-0.25, -0.2) is 14.8 Å². The van der Waals surface area contributed by atoms with Crippen LogP contribution >= 0.6 is 11.6 Å². The van der Waals surface area contributed by atoms with E-state index in [1.807, 2.05) is 25.1 Å². The highest BCUT2D eigenvalue weighted by Crippen LogP contribution is 2.33. The Labute approximate surface area is 138 Å². The fourth-order valence-electron chi connectivity index (χ4n) is 2.20. The highest BCUT2D eigenvalue weighted by molar-refractivity contribution is 6.33. The number of benzene rings is 1. The summed E-state index contributed by atoms with van der Waals surface area (Å²) < 4.78 is 1.26. The second kappa shape index (κ2) is 6.58. The number of hydrogen-bond donors (Lipinski definition) is 1. The summed E-state index contributed by atoms with van der Waals surface area (Å²) in [7, 11) is 0. The van der Waals surface area contributed by atoms with E-state index in [4.69, 9.17) is 11.6 Å². The maximum atomic E-state index is 12.1. The first-order valence-electron chi connectivity index (χ1n) is 7.10. The van der Waals surface area contributed by atoms with Crippen LogP contribution in [0.25, 0.3) is 22.5 Å². The normalized spacial score (nSPS) is 10.5. The monoisotopic (exact) mass is 327 g/mol. The molecule has 3 aromatic rings. The van der Waals surface area contributed by atoms with Crippen LogP contribution in [0.4, 0.5) is 4.79 Å². The number of carbonyl (C=O) groups is 1. The van der Waals surface area contributed by atoms with E-state index in [1.165, 1.54) is 11.0 Å². The van der Waals surface area contributed by atoms with Crippen molar-refractivity contribution in [2.75, 3.05) is 6.54 Å². The van der Waals surface area contributed by atoms with Gasteiger partial charge in [-0.2, -0.15) is 9.78 Å². The third-order valence-corrected chi connectivity index (χ3v) is 3.57. The Morgan fingerprint density at radius 3 is 2.78 bits per heavy atom. The van der Waals surface area contributed by atoms with E-state index >= 15 is 0 Å². The summed E-state index contributed by atoms with van der Waals surface area (Å²) in [5.74, 6) is 0. The number of rotatable bonds is 3. The molecule has 1 amide bonds. The molecular formula is C16H14ClN5O. The molecule has 0 bridgehead atoms. The maximum Gasteiger partial charge on any atom is 0.342 e. The Kier molecular flexibility index (Phi) is 4.34. The Morgan fingerprint density at radius 2 is 2.09 bits per heavy atom. The molecule has 1 N–H and O–H groups in total. The Hall–Kier alpha value is -2.73. The summed E-state index contributed by atoms with van der Waals surface area (Å²) in [5.41, 5.74) is 2.73. The first-order valence-corrected chi connectivity index (χ1v) is 7.47. The van der Waals surface area contributed by atoms with E-state index < -0.39 is 0 Å². The smallest absolute Gasteiger partial charge is 0.336 e. The van der Waals surface area contributed by atoms with Gasteiger partial charge in [-0.15, -0.1) is 0 Å². The van der Waals surface area contributed by atoms with Gasteiger partial charge in [0.25, 0.3) is 0 Å². The molecule has 7 heteroatoms. The standard InChI is InChI=1S/C16H14ClN5O/c1-2-19-16(23)22-9-12(14-7-8-18-10-20-14)15(21-22)11-5-3-4-6-13(11)17/h3-10H,2H2,1H3,(H,19,23). The first kappa shape index (κ1) is 15.2. The van der Waals surface area contributed by atoms with E-state index in [9.17, 15) is 4.79 Å². The number of nitrogens with one attached hydrogen (secondary N) is 1. The van der Waals surface area contributed by atoms with Crippen molar-refractivity contribution in [1.82, 2.24) is 25.1 Å². The lowest BCUT2D eigenvalue weighted by atomic mass is 10.1. The summed E-state index contributed by atoms with van der Waals surface area (Å²) in [6.07, 6.45) is 4.74. The van der Waals surface area contributed by atoms with Crippen LogP contribution in [0, 0.1) is 0 Å². The number of carbonyl (C=O) groups excluding carboxylic acids is 1. The quantitative estimate of drug-likeness (QED) is 0.801. The van der Waals surface area contributed by atoms with E-state index in [-0.39, 0.29) is 6.03 Å². The number of nitrogens with zero attached hydrogens (tertiary/aromatic N) is 4. The molecule has 116 valence electrons. The SMILES string of the molecule is CCNC(=O)n1cc(-c2ccncn2)c(-c2ccccc2Cl)n1. The zero-order valence-corrected chi connectivity index (χ0v) is 13.2. The number of halogens is 1. The minimum Gasteiger partial charge on any atom is -0.336 e. The van der Waals surface area contributed by atoms with Crippen molar-refractivity contribution >= 4 is 17.6 Å². The molecule has 1 aromatic carbocycles. The second-order valence-corrected chi connectivity index (χ2v) is 5.15. The van der Waals surface area contributed by atoms with Crippen LogP contribution in [0.2, 0.25) is 5.02 Å². The second-order valence-electron chi connectivity index (χ2n) is 4.75. The molecule has 23 heavy (non-hydrogen) atoms. The van der Waals surface area contributed by atoms with E-state index in [0.29, 0.717) is 28.5 Å². The lowest BCUT2D eigenvalue weighted by Gasteiger charge is -2.03. The lowest BCUT2D eigenvalue weighted by molar-refractivity contribution is 0.240. The molecule has 2 heterocycles. The third kappa shape index (κ3) is 3.07. The molecule has 0 fully saturated rings. The number of amides is 1. The molecular weight excluding hydrogens is 314 g/mol. The van der Waals surface area contributed by atoms with Gasteiger partial charge in [-0.05, 0) is 19.1 Å². The molecule has 0 aliphatic rings. The van der Waals surface area contributed by atoms with Crippen molar-refractivity contribution in [3.8, 4) is 22.5 Å². The highest BCUT2D eigenvalue weighted by Gasteiger charge is 2.18. The third-order valence-electron chi connectivity index (χ3n) is 3.24. The maximum absolute atomic E-state index is 12.1. The molecule has 0 spiro atoms. The molecule has 6 nitrogen and oxygen atoms in total. The Bertz CT molecular complexity index is 831. The van der Waals surface area contributed by atoms with E-state index in [1.54, 1.807) is 24.5 Å². The molecule has 3 rings (SSSR count). The molecule has 0 saturated carbocycles. The zero-order valence-electron chi connectivity index (χ0n) is 12.4. The molecule has 0 aliphatic heterocycles. The summed E-state index contributed by atoms with van der Waals surface area (Å²) in [4.78, 5) is 20.2. The topological polar surface area (TPSA) is 72.7 Å². The van der Waals surface area contributed by atoms with Crippen molar-refractivity contribution in [2.24, 2.45) is 0 Å². The highest BCUT2D eigenvalue weighted by atomic mass is 35.5. The number of aromatic nitrogens is 4. The van der Waals surface area contributed by atoms with Gasteiger partial charge >= 0.3 is 6.03 Å². The fourth-order valence-corrected chi connectivity index (χ4v) is 2.43. The fraction of sp³-hybridized carbons (Fsp3) is 0.125. The van der Waals surface area contributed by atoms with Crippen molar-refractivity contribution in [3.05, 3.63) is 54.1 Å². The summed E-state index contributed by atoms with van der Waals surface area (Å²) in [5, 5.41) is 7.67. The zero-order chi connectivity index (χ0) is 16.2. The van der Waals surface area contributed by atoms with Crippen LogP contribution in [0.1, 0.15) is 6.92 Å². The molecule has 0 saturated heterocycles. The minimum atomic E-state index is -0.305. The minimum absolute atomic E-state index is 0.305. The average Bonchev–Trinajstić information content (AvgIpc) is 3.01. The summed E-state index contributed by atoms with van der Waals surface area (Å²) >= 11 is 6.29. The van der Waals surface area contributed by atoms with Crippen LogP contribution in [-0.2, 0) is 0 Å². The predicted molar refractivity (Wildman–Crippen MR) is 88.2 cm³/mol. The van der Waals surface area contributed by atoms with Crippen molar-refractivity contribution in [3.63, 3.8) is 0 Å². The Balaban J connectivity index is 2.17. The lowest BCUT2D eigenvalue weighted by Crippen LogP contribution is -2.28. The van der Waals surface area contributed by atoms with Crippen LogP contribution < -0.4 is 5.32 Å². The van der Waals surface area contributed by atoms with Gasteiger partial charge in [-0.1, -0.05) is 29.8 Å². The molecule has 0 atom stereocenters. The largest absolute Gasteiger partial charge is 0.342 e. The number of hydrogen-bond acceptors (Lipinski definition) is 4. The van der Waals surface area contributed by atoms with Gasteiger partial charge in [0.1, 0.15) is 12.0 Å². The average molecular weight is 328 g/mol. The van der Waals surface area contributed by atoms with E-state index in [2.05, 4.69) is 20.4 Å². The van der Waals surface area contributed by atoms with Crippen LogP contribution in [0.15, 0.2) is 49.1 Å². The van der Waals surface area contributed by atoms with Crippen LogP contribution in [0.3, 0.4) is 0 Å². The van der Waals surface area contributed by atoms with Gasteiger partial charge < -0.3 is 5.32 Å². The van der Waals surface area contributed by atoms with Crippen molar-refractivity contribution < 1.29 is 4.79 Å². The molecule has 0 radical (unpaired) electrons. The molecule has 2 aromatic heterocycles. The predicted octanol–water partition coefficient (Wildman–Crippen LogP) is 3.24. The van der Waals surface area contributed by atoms with Crippen molar-refractivity contribution in [1.29, 1.82) is 0 Å². The van der Waals surface area contributed by atoms with Crippen LogP contribution in [0.5, 0.6) is 0 Å². The van der Waals surface area contributed by atoms with Gasteiger partial charge in [0.2, 0.25) is 0 Å². The summed E-state index contributed by atoms with van der Waals surface area (Å²) in [6, 6.07) is 8.82. The molecule has 0 aliphatic carbocycles. The van der Waals surface area contributed by atoms with Crippen molar-refractivity contribution in [2.45, 2.75) is 6.92 Å². The van der Waals surface area contributed by atoms with Gasteiger partial charge in [0.05, 0.1) is 10.7 Å². The first-order chi connectivity index (χ1) is 11.2. The summed E-state index contributed by atoms with van der Waals surface area (Å²) in [6.45, 7) is 2.37. The Morgan fingerprint density at radius 1 is 1.26 bits per heavy atom. The molecule has 0 unspecified atom stereocenters. The van der Waals surface area contributed by atoms with Gasteiger partial charge in [0, 0.05) is 30.1 Å². The van der Waals surface area contributed by atoms with Gasteiger partial charge in [0.15, 0.2) is 0 Å². The van der Waals surface area contributed by atoms with E-state index in [0.717, 1.165) is 5.56 Å². The van der Waals surface area contributed by atoms with Gasteiger partial charge in [-0.3, -0.25) is 0 Å². The van der Waals surface area contributed by atoms with Crippen LogP contribution in [-0.4, -0.2) is 32.3 Å².